The van der Waals surface area contributed by atoms with Gasteiger partial charge in [-0.2, -0.15) is 0 Å². The van der Waals surface area contributed by atoms with Crippen LogP contribution in [0.4, 0.5) is 0 Å². The molecule has 4 nitrogen and oxygen atoms in total. The van der Waals surface area contributed by atoms with Crippen molar-refractivity contribution in [2.45, 2.75) is 116 Å². The lowest BCUT2D eigenvalue weighted by molar-refractivity contribution is -0.146. The van der Waals surface area contributed by atoms with Gasteiger partial charge in [0.05, 0.1) is 12.7 Å². The van der Waals surface area contributed by atoms with Gasteiger partial charge in [0.1, 0.15) is 0 Å². The van der Waals surface area contributed by atoms with Crippen molar-refractivity contribution in [1.29, 1.82) is 0 Å². The molecule has 0 bridgehead atoms. The van der Waals surface area contributed by atoms with Crippen LogP contribution in [0, 0.1) is 0 Å². The highest BCUT2D eigenvalue weighted by Gasteiger charge is 2.11. The molecule has 0 amide bonds. The number of rotatable bonds is 19. The minimum absolute atomic E-state index is 0.336. The Morgan fingerprint density at radius 3 is 1.72 bits per heavy atom. The Balaban J connectivity index is 1.78. The third-order valence-electron chi connectivity index (χ3n) is 5.50. The number of hydrogen-bond acceptors (Lipinski definition) is 3. The maximum absolute atomic E-state index is 10.5. The van der Waals surface area contributed by atoms with Crippen LogP contribution in [0.2, 0.25) is 0 Å². The lowest BCUT2D eigenvalue weighted by Gasteiger charge is -2.13. The molecule has 2 unspecified atom stereocenters. The molecule has 29 heavy (non-hydrogen) atoms. The monoisotopic (exact) mass is 406 g/mol. The zero-order valence-electron chi connectivity index (χ0n) is 18.4. The van der Waals surface area contributed by atoms with Crippen LogP contribution in [0.15, 0.2) is 30.3 Å². The Morgan fingerprint density at radius 2 is 1.24 bits per heavy atom. The van der Waals surface area contributed by atoms with Crippen LogP contribution < -0.4 is 0 Å². The molecule has 0 radical (unpaired) electrons. The van der Waals surface area contributed by atoms with Gasteiger partial charge in [0.2, 0.25) is 0 Å². The van der Waals surface area contributed by atoms with Crippen molar-refractivity contribution >= 4 is 5.97 Å². The summed E-state index contributed by atoms with van der Waals surface area (Å²) in [7, 11) is 0. The Bertz CT molecular complexity index is 503. The number of benzene rings is 1. The summed E-state index contributed by atoms with van der Waals surface area (Å²) < 4.78 is 5.92. The first kappa shape index (κ1) is 25.6. The van der Waals surface area contributed by atoms with E-state index in [1.54, 1.807) is 0 Å². The lowest BCUT2D eigenvalue weighted by Crippen LogP contribution is -2.18. The number of unbranched alkanes of at least 4 members (excludes halogenated alkanes) is 11. The second kappa shape index (κ2) is 17.5. The third kappa shape index (κ3) is 15.2. The molecule has 0 saturated carbocycles. The normalized spacial score (nSPS) is 13.3. The van der Waals surface area contributed by atoms with E-state index in [9.17, 15) is 9.90 Å². The Hall–Kier alpha value is -1.39. The number of aliphatic hydroxyl groups excluding tert-OH is 1. The molecule has 1 aromatic rings. The van der Waals surface area contributed by atoms with Crippen molar-refractivity contribution in [2.75, 3.05) is 0 Å². The van der Waals surface area contributed by atoms with Gasteiger partial charge >= 0.3 is 5.97 Å². The maximum atomic E-state index is 10.5. The number of carbonyl (C=O) groups is 1. The SMILES string of the molecule is CC(CCCCCCCCCCCCCCC(O)C(=O)O)OCc1ccccc1. The second-order valence-electron chi connectivity index (χ2n) is 8.28. The fourth-order valence-corrected chi connectivity index (χ4v) is 3.56. The summed E-state index contributed by atoms with van der Waals surface area (Å²) in [6.45, 7) is 2.89. The molecule has 4 heteroatoms. The largest absolute Gasteiger partial charge is 0.479 e. The molecule has 0 fully saturated rings. The number of aliphatic hydroxyl groups is 1. The molecule has 1 rings (SSSR count). The van der Waals surface area contributed by atoms with Crippen molar-refractivity contribution < 1.29 is 19.7 Å². The minimum atomic E-state index is -1.18. The predicted octanol–water partition coefficient (Wildman–Crippen LogP) is 6.50. The maximum Gasteiger partial charge on any atom is 0.332 e. The highest BCUT2D eigenvalue weighted by molar-refractivity contribution is 5.71. The molecule has 0 aliphatic heterocycles. The summed E-state index contributed by atoms with van der Waals surface area (Å²) in [6.07, 6.45) is 15.4. The zero-order chi connectivity index (χ0) is 21.2. The van der Waals surface area contributed by atoms with Crippen molar-refractivity contribution in [3.05, 3.63) is 35.9 Å². The first-order valence-corrected chi connectivity index (χ1v) is 11.7. The standard InChI is InChI=1S/C25H42O4/c1-22(29-21-23-18-14-12-15-19-23)17-13-10-8-6-4-2-3-5-7-9-11-16-20-24(26)25(27)28/h12,14-15,18-19,22,24,26H,2-11,13,16-17,20-21H2,1H3,(H,27,28). The summed E-state index contributed by atoms with van der Waals surface area (Å²) in [5.74, 6) is -1.10. The second-order valence-corrected chi connectivity index (χ2v) is 8.28. The summed E-state index contributed by atoms with van der Waals surface area (Å²) in [5.41, 5.74) is 1.25. The first-order valence-electron chi connectivity index (χ1n) is 11.7. The minimum Gasteiger partial charge on any atom is -0.479 e. The van der Waals surface area contributed by atoms with E-state index in [0.29, 0.717) is 19.1 Å². The first-order chi connectivity index (χ1) is 14.1. The molecule has 0 aliphatic carbocycles. The van der Waals surface area contributed by atoms with Gasteiger partial charge in [0.15, 0.2) is 6.10 Å². The summed E-state index contributed by atoms with van der Waals surface area (Å²) >= 11 is 0. The number of carboxylic acid groups (broad SMARTS) is 1. The third-order valence-corrected chi connectivity index (χ3v) is 5.50. The van der Waals surface area contributed by atoms with Crippen molar-refractivity contribution in [3.63, 3.8) is 0 Å². The molecule has 0 saturated heterocycles. The molecule has 0 spiro atoms. The average molecular weight is 407 g/mol. The quantitative estimate of drug-likeness (QED) is 0.257. The van der Waals surface area contributed by atoms with E-state index in [-0.39, 0.29) is 0 Å². The van der Waals surface area contributed by atoms with Crippen molar-refractivity contribution in [2.24, 2.45) is 0 Å². The zero-order valence-corrected chi connectivity index (χ0v) is 18.4. The van der Waals surface area contributed by atoms with E-state index in [4.69, 9.17) is 9.84 Å². The van der Waals surface area contributed by atoms with Gasteiger partial charge in [-0.15, -0.1) is 0 Å². The van der Waals surface area contributed by atoms with E-state index >= 15 is 0 Å². The summed E-state index contributed by atoms with van der Waals surface area (Å²) in [6, 6.07) is 10.4. The summed E-state index contributed by atoms with van der Waals surface area (Å²) in [5, 5.41) is 17.8. The van der Waals surface area contributed by atoms with E-state index < -0.39 is 12.1 Å². The molecule has 2 N–H and O–H groups in total. The van der Waals surface area contributed by atoms with E-state index in [1.807, 2.05) is 6.07 Å². The fraction of sp³-hybridized carbons (Fsp3) is 0.720. The van der Waals surface area contributed by atoms with Crippen molar-refractivity contribution in [1.82, 2.24) is 0 Å². The topological polar surface area (TPSA) is 66.8 Å². The van der Waals surface area contributed by atoms with Crippen LogP contribution in [-0.2, 0) is 16.1 Å². The van der Waals surface area contributed by atoms with Gasteiger partial charge in [-0.3, -0.25) is 0 Å². The van der Waals surface area contributed by atoms with E-state index in [1.165, 1.54) is 63.4 Å². The fourth-order valence-electron chi connectivity index (χ4n) is 3.56. The van der Waals surface area contributed by atoms with Crippen LogP contribution in [0.1, 0.15) is 102 Å². The average Bonchev–Trinajstić information content (AvgIpc) is 2.73. The number of hydrogen-bond donors (Lipinski definition) is 2. The lowest BCUT2D eigenvalue weighted by atomic mass is 10.0. The molecular formula is C25H42O4. The van der Waals surface area contributed by atoms with Gasteiger partial charge in [-0.1, -0.05) is 107 Å². The number of ether oxygens (including phenoxy) is 1. The molecule has 0 aromatic heterocycles. The van der Waals surface area contributed by atoms with Gasteiger partial charge in [0, 0.05) is 0 Å². The van der Waals surface area contributed by atoms with Crippen LogP contribution in [0.5, 0.6) is 0 Å². The molecular weight excluding hydrogens is 364 g/mol. The van der Waals surface area contributed by atoms with Crippen molar-refractivity contribution in [3.8, 4) is 0 Å². The Labute approximate surface area is 177 Å². The van der Waals surface area contributed by atoms with Gasteiger partial charge in [0.25, 0.3) is 0 Å². The molecule has 0 heterocycles. The van der Waals surface area contributed by atoms with E-state index in [0.717, 1.165) is 25.7 Å². The molecule has 0 aliphatic rings. The van der Waals surface area contributed by atoms with Crippen LogP contribution in [0.25, 0.3) is 0 Å². The van der Waals surface area contributed by atoms with Crippen LogP contribution in [-0.4, -0.2) is 28.4 Å². The highest BCUT2D eigenvalue weighted by atomic mass is 16.5. The summed E-state index contributed by atoms with van der Waals surface area (Å²) in [4.78, 5) is 10.5. The van der Waals surface area contributed by atoms with Gasteiger partial charge in [-0.25, -0.2) is 4.79 Å². The van der Waals surface area contributed by atoms with Crippen LogP contribution >= 0.6 is 0 Å². The van der Waals surface area contributed by atoms with Gasteiger partial charge in [-0.05, 0) is 25.3 Å². The molecule has 2 atom stereocenters. The molecule has 1 aromatic carbocycles. The number of aliphatic carboxylic acids is 1. The Morgan fingerprint density at radius 1 is 0.793 bits per heavy atom. The van der Waals surface area contributed by atoms with E-state index in [2.05, 4.69) is 31.2 Å². The highest BCUT2D eigenvalue weighted by Crippen LogP contribution is 2.15. The van der Waals surface area contributed by atoms with Gasteiger partial charge < -0.3 is 14.9 Å². The predicted molar refractivity (Wildman–Crippen MR) is 119 cm³/mol. The Kier molecular flexibility index (Phi) is 15.4. The van der Waals surface area contributed by atoms with Crippen LogP contribution in [0.3, 0.4) is 0 Å². The molecule has 166 valence electrons. The number of carboxylic acids is 1. The smallest absolute Gasteiger partial charge is 0.332 e.